The maximum atomic E-state index is 9.84. The second kappa shape index (κ2) is 5.62. The molecule has 0 amide bonds. The van der Waals surface area contributed by atoms with Gasteiger partial charge in [0.15, 0.2) is 0 Å². The zero-order chi connectivity index (χ0) is 14.8. The normalized spacial score (nSPS) is 14.0. The minimum absolute atomic E-state index is 0.0253. The molecule has 2 unspecified atom stereocenters. The quantitative estimate of drug-likeness (QED) is 0.731. The van der Waals surface area contributed by atoms with Crippen LogP contribution in [0.4, 0.5) is 5.69 Å². The average molecular weight is 281 g/mol. The van der Waals surface area contributed by atoms with Crippen molar-refractivity contribution in [3.05, 3.63) is 65.9 Å². The summed E-state index contributed by atoms with van der Waals surface area (Å²) in [7, 11) is 0. The molecule has 2 N–H and O–H groups in total. The number of aliphatic hydroxyl groups is 1. The van der Waals surface area contributed by atoms with Gasteiger partial charge in [-0.2, -0.15) is 0 Å². The van der Waals surface area contributed by atoms with Crippen LogP contribution in [0.3, 0.4) is 0 Å². The number of fused-ring (bicyclic) bond motifs is 1. The highest BCUT2D eigenvalue weighted by Gasteiger charge is 2.14. The molecule has 0 bridgehead atoms. The molecule has 0 aliphatic rings. The van der Waals surface area contributed by atoms with Gasteiger partial charge in [-0.25, -0.2) is 0 Å². The molecule has 2 aromatic carbocycles. The molecule has 0 saturated carbocycles. The molecule has 0 aliphatic carbocycles. The molecule has 3 heteroatoms. The minimum Gasteiger partial charge on any atom is -0.459 e. The van der Waals surface area contributed by atoms with Gasteiger partial charge in [0.1, 0.15) is 11.3 Å². The molecule has 0 fully saturated rings. The van der Waals surface area contributed by atoms with Crippen molar-refractivity contribution in [2.75, 3.05) is 5.32 Å². The monoisotopic (exact) mass is 281 g/mol. The number of furan rings is 1. The van der Waals surface area contributed by atoms with E-state index in [-0.39, 0.29) is 6.04 Å². The number of rotatable bonds is 4. The van der Waals surface area contributed by atoms with Crippen LogP contribution in [-0.2, 0) is 0 Å². The van der Waals surface area contributed by atoms with E-state index in [1.807, 2.05) is 48.5 Å². The standard InChI is InChI=1S/C18H19NO2/c1-12(18-11-14-7-3-6-10-17(14)21-18)19-16-9-5-4-8-15(16)13(2)20/h3-13,19-20H,1-2H3. The lowest BCUT2D eigenvalue weighted by molar-refractivity contribution is 0.200. The fourth-order valence-corrected chi connectivity index (χ4v) is 2.51. The molecular formula is C18H19NO2. The van der Waals surface area contributed by atoms with Crippen molar-refractivity contribution in [1.29, 1.82) is 0 Å². The molecule has 3 rings (SSSR count). The zero-order valence-electron chi connectivity index (χ0n) is 12.2. The van der Waals surface area contributed by atoms with Crippen molar-refractivity contribution in [3.8, 4) is 0 Å². The van der Waals surface area contributed by atoms with Gasteiger partial charge in [-0.15, -0.1) is 0 Å². The number of hydrogen-bond acceptors (Lipinski definition) is 3. The molecule has 21 heavy (non-hydrogen) atoms. The Hall–Kier alpha value is -2.26. The summed E-state index contributed by atoms with van der Waals surface area (Å²) in [4.78, 5) is 0. The predicted molar refractivity (Wildman–Crippen MR) is 85.3 cm³/mol. The van der Waals surface area contributed by atoms with Crippen molar-refractivity contribution >= 4 is 16.7 Å². The van der Waals surface area contributed by atoms with E-state index < -0.39 is 6.10 Å². The van der Waals surface area contributed by atoms with Crippen LogP contribution in [0.5, 0.6) is 0 Å². The minimum atomic E-state index is -0.503. The predicted octanol–water partition coefficient (Wildman–Crippen LogP) is 4.66. The molecule has 1 aromatic heterocycles. The third-order valence-electron chi connectivity index (χ3n) is 3.65. The zero-order valence-corrected chi connectivity index (χ0v) is 12.2. The Morgan fingerprint density at radius 1 is 1.00 bits per heavy atom. The summed E-state index contributed by atoms with van der Waals surface area (Å²) in [6, 6.07) is 17.8. The first-order valence-electron chi connectivity index (χ1n) is 7.17. The van der Waals surface area contributed by atoms with Crippen LogP contribution < -0.4 is 5.32 Å². The molecule has 1 heterocycles. The maximum Gasteiger partial charge on any atom is 0.134 e. The highest BCUT2D eigenvalue weighted by molar-refractivity contribution is 5.78. The van der Waals surface area contributed by atoms with E-state index in [1.165, 1.54) is 0 Å². The van der Waals surface area contributed by atoms with Gasteiger partial charge >= 0.3 is 0 Å². The van der Waals surface area contributed by atoms with E-state index in [2.05, 4.69) is 18.3 Å². The fourth-order valence-electron chi connectivity index (χ4n) is 2.51. The third-order valence-corrected chi connectivity index (χ3v) is 3.65. The van der Waals surface area contributed by atoms with Crippen molar-refractivity contribution in [2.24, 2.45) is 0 Å². The van der Waals surface area contributed by atoms with E-state index >= 15 is 0 Å². The van der Waals surface area contributed by atoms with Crippen molar-refractivity contribution in [3.63, 3.8) is 0 Å². The largest absolute Gasteiger partial charge is 0.459 e. The summed E-state index contributed by atoms with van der Waals surface area (Å²) in [5, 5.41) is 14.4. The Bertz CT molecular complexity index is 713. The number of hydrogen-bond donors (Lipinski definition) is 2. The molecule has 0 radical (unpaired) electrons. The van der Waals surface area contributed by atoms with Gasteiger partial charge in [0, 0.05) is 16.6 Å². The van der Waals surface area contributed by atoms with Gasteiger partial charge in [0.25, 0.3) is 0 Å². The maximum absolute atomic E-state index is 9.84. The van der Waals surface area contributed by atoms with E-state index in [0.29, 0.717) is 0 Å². The fraction of sp³-hybridized carbons (Fsp3) is 0.222. The number of aliphatic hydroxyl groups excluding tert-OH is 1. The number of para-hydroxylation sites is 2. The van der Waals surface area contributed by atoms with Gasteiger partial charge in [-0.1, -0.05) is 36.4 Å². The number of anilines is 1. The first kappa shape index (κ1) is 13.7. The summed E-state index contributed by atoms with van der Waals surface area (Å²) in [6.07, 6.45) is -0.503. The topological polar surface area (TPSA) is 45.4 Å². The Balaban J connectivity index is 1.87. The Kier molecular flexibility index (Phi) is 3.67. The highest BCUT2D eigenvalue weighted by atomic mass is 16.3. The van der Waals surface area contributed by atoms with E-state index in [1.54, 1.807) is 6.92 Å². The van der Waals surface area contributed by atoms with Crippen LogP contribution in [0.1, 0.15) is 37.3 Å². The summed E-state index contributed by atoms with van der Waals surface area (Å²) in [5.41, 5.74) is 2.71. The Morgan fingerprint density at radius 2 is 1.71 bits per heavy atom. The summed E-state index contributed by atoms with van der Waals surface area (Å²) in [6.45, 7) is 3.82. The van der Waals surface area contributed by atoms with Crippen molar-refractivity contribution in [1.82, 2.24) is 0 Å². The van der Waals surface area contributed by atoms with Crippen LogP contribution in [0.15, 0.2) is 59.0 Å². The Morgan fingerprint density at radius 3 is 2.48 bits per heavy atom. The molecule has 108 valence electrons. The lowest BCUT2D eigenvalue weighted by atomic mass is 10.1. The molecule has 0 saturated heterocycles. The van der Waals surface area contributed by atoms with E-state index in [0.717, 1.165) is 28.0 Å². The molecule has 0 aliphatic heterocycles. The first-order chi connectivity index (χ1) is 10.1. The van der Waals surface area contributed by atoms with Crippen LogP contribution >= 0.6 is 0 Å². The molecular weight excluding hydrogens is 262 g/mol. The average Bonchev–Trinajstić information content (AvgIpc) is 2.91. The molecule has 2 atom stereocenters. The lowest BCUT2D eigenvalue weighted by Gasteiger charge is -2.17. The van der Waals surface area contributed by atoms with Gasteiger partial charge in [-0.3, -0.25) is 0 Å². The third kappa shape index (κ3) is 2.78. The summed E-state index contributed by atoms with van der Waals surface area (Å²) in [5.74, 6) is 0.886. The van der Waals surface area contributed by atoms with Gasteiger partial charge < -0.3 is 14.8 Å². The summed E-state index contributed by atoms with van der Waals surface area (Å²) < 4.78 is 5.88. The number of nitrogens with one attached hydrogen (secondary N) is 1. The van der Waals surface area contributed by atoms with Crippen LogP contribution in [0, 0.1) is 0 Å². The van der Waals surface area contributed by atoms with Crippen molar-refractivity contribution < 1.29 is 9.52 Å². The molecule has 0 spiro atoms. The second-order valence-electron chi connectivity index (χ2n) is 5.32. The van der Waals surface area contributed by atoms with Gasteiger partial charge in [0.2, 0.25) is 0 Å². The van der Waals surface area contributed by atoms with E-state index in [9.17, 15) is 5.11 Å². The van der Waals surface area contributed by atoms with E-state index in [4.69, 9.17) is 4.42 Å². The second-order valence-corrected chi connectivity index (χ2v) is 5.32. The van der Waals surface area contributed by atoms with Crippen molar-refractivity contribution in [2.45, 2.75) is 26.0 Å². The Labute approximate surface area is 124 Å². The van der Waals surface area contributed by atoms with Crippen LogP contribution in [-0.4, -0.2) is 5.11 Å². The molecule has 3 nitrogen and oxygen atoms in total. The van der Waals surface area contributed by atoms with Crippen LogP contribution in [0.2, 0.25) is 0 Å². The lowest BCUT2D eigenvalue weighted by Crippen LogP contribution is -2.08. The first-order valence-corrected chi connectivity index (χ1v) is 7.17. The number of benzene rings is 2. The SMILES string of the molecule is CC(O)c1ccccc1NC(C)c1cc2ccccc2o1. The smallest absolute Gasteiger partial charge is 0.134 e. The summed E-state index contributed by atoms with van der Waals surface area (Å²) >= 11 is 0. The van der Waals surface area contributed by atoms with Gasteiger partial charge in [0.05, 0.1) is 12.1 Å². The van der Waals surface area contributed by atoms with Gasteiger partial charge in [-0.05, 0) is 32.0 Å². The van der Waals surface area contributed by atoms with Crippen LogP contribution in [0.25, 0.3) is 11.0 Å². The molecule has 3 aromatic rings. The highest BCUT2D eigenvalue weighted by Crippen LogP contribution is 2.29.